The van der Waals surface area contributed by atoms with Crippen molar-refractivity contribution in [2.45, 2.75) is 45.6 Å². The monoisotopic (exact) mass is 277 g/mol. The van der Waals surface area contributed by atoms with E-state index in [1.165, 1.54) is 0 Å². The summed E-state index contributed by atoms with van der Waals surface area (Å²) in [6, 6.07) is 0. The van der Waals surface area contributed by atoms with Crippen LogP contribution in [0.1, 0.15) is 40.0 Å². The summed E-state index contributed by atoms with van der Waals surface area (Å²) in [6.07, 6.45) is 1.98. The summed E-state index contributed by atoms with van der Waals surface area (Å²) >= 11 is 0. The topological polar surface area (TPSA) is 72.9 Å². The summed E-state index contributed by atoms with van der Waals surface area (Å²) in [4.78, 5) is 11.9. The normalized spacial score (nSPS) is 25.6. The van der Waals surface area contributed by atoms with Crippen LogP contribution in [0.3, 0.4) is 0 Å². The predicted molar refractivity (Wildman–Crippen MR) is 64.1 cm³/mol. The number of hydrogen-bond donors (Lipinski definition) is 0. The number of carbonyl (C=O) groups excluding carboxylic acids is 1. The summed E-state index contributed by atoms with van der Waals surface area (Å²) in [7, 11) is -3.98. The van der Waals surface area contributed by atoms with Crippen molar-refractivity contribution in [2.75, 3.05) is 13.2 Å². The Labute approximate surface area is 107 Å². The van der Waals surface area contributed by atoms with Gasteiger partial charge in [0.15, 0.2) is 0 Å². The third kappa shape index (κ3) is 2.61. The van der Waals surface area contributed by atoms with Crippen LogP contribution in [0.15, 0.2) is 0 Å². The quantitative estimate of drug-likeness (QED) is 0.673. The van der Waals surface area contributed by atoms with Gasteiger partial charge in [0.1, 0.15) is 5.60 Å². The third-order valence-corrected chi connectivity index (χ3v) is 4.51. The van der Waals surface area contributed by atoms with Gasteiger partial charge in [-0.25, -0.2) is 4.79 Å². The lowest BCUT2D eigenvalue weighted by Gasteiger charge is -2.46. The van der Waals surface area contributed by atoms with E-state index >= 15 is 0 Å². The summed E-state index contributed by atoms with van der Waals surface area (Å²) in [5.41, 5.74) is -0.918. The van der Waals surface area contributed by atoms with Gasteiger partial charge in [-0.3, -0.25) is 4.18 Å². The number of nitrogens with zero attached hydrogens (tertiary/aromatic N) is 1. The molecule has 1 spiro atoms. The number of rotatable bonds is 0. The second kappa shape index (κ2) is 4.09. The van der Waals surface area contributed by atoms with Gasteiger partial charge in [0.05, 0.1) is 13.2 Å². The first-order chi connectivity index (χ1) is 8.14. The Morgan fingerprint density at radius 1 is 1.33 bits per heavy atom. The van der Waals surface area contributed by atoms with E-state index in [0.29, 0.717) is 0 Å². The maximum atomic E-state index is 11.9. The average molecular weight is 277 g/mol. The van der Waals surface area contributed by atoms with Gasteiger partial charge in [-0.1, -0.05) is 6.42 Å². The molecule has 18 heavy (non-hydrogen) atoms. The van der Waals surface area contributed by atoms with Crippen molar-refractivity contribution in [3.05, 3.63) is 0 Å². The van der Waals surface area contributed by atoms with E-state index in [0.717, 1.165) is 23.6 Å². The summed E-state index contributed by atoms with van der Waals surface area (Å²) in [5, 5.41) is 0. The van der Waals surface area contributed by atoms with E-state index in [9.17, 15) is 13.2 Å². The van der Waals surface area contributed by atoms with Crippen molar-refractivity contribution < 1.29 is 22.1 Å². The third-order valence-electron chi connectivity index (χ3n) is 3.27. The minimum Gasteiger partial charge on any atom is -0.443 e. The van der Waals surface area contributed by atoms with E-state index in [4.69, 9.17) is 8.92 Å². The Kier molecular flexibility index (Phi) is 3.09. The molecule has 0 aromatic rings. The van der Waals surface area contributed by atoms with Gasteiger partial charge in [0, 0.05) is 5.41 Å². The molecule has 6 nitrogen and oxygen atoms in total. The number of carbonyl (C=O) groups is 1. The molecule has 0 radical (unpaired) electrons. The minimum absolute atomic E-state index is 0.171. The highest BCUT2D eigenvalue weighted by molar-refractivity contribution is 7.84. The molecule has 0 N–H and O–H groups in total. The maximum Gasteiger partial charge on any atom is 0.425 e. The number of ether oxygens (including phenoxy) is 1. The lowest BCUT2D eigenvalue weighted by molar-refractivity contribution is -0.0116. The molecule has 1 saturated heterocycles. The Balaban J connectivity index is 2.15. The van der Waals surface area contributed by atoms with E-state index in [2.05, 4.69) is 0 Å². The van der Waals surface area contributed by atoms with Crippen LogP contribution in [0.4, 0.5) is 4.79 Å². The summed E-state index contributed by atoms with van der Waals surface area (Å²) in [6.45, 7) is 5.43. The minimum atomic E-state index is -3.98. The molecule has 0 bridgehead atoms. The summed E-state index contributed by atoms with van der Waals surface area (Å²) in [5.74, 6) is 0. The van der Waals surface area contributed by atoms with E-state index in [-0.39, 0.29) is 18.6 Å². The molecule has 2 aliphatic rings. The molecule has 1 heterocycles. The van der Waals surface area contributed by atoms with Crippen molar-refractivity contribution in [1.82, 2.24) is 4.31 Å². The van der Waals surface area contributed by atoms with Crippen LogP contribution < -0.4 is 0 Å². The summed E-state index contributed by atoms with van der Waals surface area (Å²) < 4.78 is 34.2. The highest BCUT2D eigenvalue weighted by Crippen LogP contribution is 2.45. The second-order valence-electron chi connectivity index (χ2n) is 6.06. The Morgan fingerprint density at radius 2 is 1.94 bits per heavy atom. The molecule has 7 heteroatoms. The van der Waals surface area contributed by atoms with Crippen LogP contribution in [0, 0.1) is 5.41 Å². The van der Waals surface area contributed by atoms with E-state index in [1.54, 1.807) is 20.8 Å². The van der Waals surface area contributed by atoms with Crippen molar-refractivity contribution in [1.29, 1.82) is 0 Å². The van der Waals surface area contributed by atoms with Crippen molar-refractivity contribution >= 4 is 16.4 Å². The van der Waals surface area contributed by atoms with Gasteiger partial charge in [-0.15, -0.1) is 0 Å². The molecular formula is C11H19NO5S. The molecule has 0 aromatic heterocycles. The largest absolute Gasteiger partial charge is 0.443 e. The van der Waals surface area contributed by atoms with Crippen LogP contribution >= 0.6 is 0 Å². The highest BCUT2D eigenvalue weighted by atomic mass is 32.2. The molecule has 2 fully saturated rings. The van der Waals surface area contributed by atoms with Crippen molar-refractivity contribution in [3.8, 4) is 0 Å². The van der Waals surface area contributed by atoms with Crippen molar-refractivity contribution in [3.63, 3.8) is 0 Å². The number of amides is 1. The fourth-order valence-electron chi connectivity index (χ4n) is 2.14. The van der Waals surface area contributed by atoms with Crippen LogP contribution in [0.25, 0.3) is 0 Å². The smallest absolute Gasteiger partial charge is 0.425 e. The molecule has 0 atom stereocenters. The fraction of sp³-hybridized carbons (Fsp3) is 0.909. The predicted octanol–water partition coefficient (Wildman–Crippen LogP) is 1.67. The molecule has 104 valence electrons. The standard InChI is InChI=1S/C11H19NO5S/c1-10(2,3)17-9(13)12-7-11(5-4-6-11)8-16-18(12,14)15/h4-8H2,1-3H3. The van der Waals surface area contributed by atoms with Crippen LogP contribution in [0.5, 0.6) is 0 Å². The lowest BCUT2D eigenvalue weighted by Crippen LogP contribution is -2.55. The lowest BCUT2D eigenvalue weighted by atomic mass is 9.69. The molecular weight excluding hydrogens is 258 g/mol. The molecule has 1 amide bonds. The number of hydrogen-bond acceptors (Lipinski definition) is 5. The van der Waals surface area contributed by atoms with Gasteiger partial charge in [0.25, 0.3) is 0 Å². The zero-order valence-electron chi connectivity index (χ0n) is 10.9. The van der Waals surface area contributed by atoms with Crippen LogP contribution in [-0.2, 0) is 19.2 Å². The van der Waals surface area contributed by atoms with Crippen molar-refractivity contribution in [2.24, 2.45) is 5.41 Å². The SMILES string of the molecule is CC(C)(C)OC(=O)N1CC2(CCC2)COS1(=O)=O. The second-order valence-corrected chi connectivity index (χ2v) is 7.59. The first kappa shape index (κ1) is 13.6. The van der Waals surface area contributed by atoms with Gasteiger partial charge in [-0.05, 0) is 33.6 Å². The first-order valence-corrected chi connectivity index (χ1v) is 7.40. The average Bonchev–Trinajstić information content (AvgIpc) is 2.12. The van der Waals surface area contributed by atoms with Gasteiger partial charge < -0.3 is 4.74 Å². The zero-order valence-corrected chi connectivity index (χ0v) is 11.7. The van der Waals surface area contributed by atoms with Gasteiger partial charge >= 0.3 is 16.4 Å². The molecule has 0 unspecified atom stereocenters. The van der Waals surface area contributed by atoms with Crippen LogP contribution in [0.2, 0.25) is 0 Å². The maximum absolute atomic E-state index is 11.9. The zero-order chi connectivity index (χ0) is 13.6. The van der Waals surface area contributed by atoms with Gasteiger partial charge in [-0.2, -0.15) is 12.7 Å². The van der Waals surface area contributed by atoms with E-state index < -0.39 is 22.0 Å². The molecule has 0 aromatic carbocycles. The molecule has 1 saturated carbocycles. The molecule has 1 aliphatic heterocycles. The molecule has 2 rings (SSSR count). The molecule has 1 aliphatic carbocycles. The Hall–Kier alpha value is -0.820. The van der Waals surface area contributed by atoms with Crippen LogP contribution in [-0.4, -0.2) is 37.6 Å². The Morgan fingerprint density at radius 3 is 2.39 bits per heavy atom. The Bertz CT molecular complexity index is 447. The van der Waals surface area contributed by atoms with Gasteiger partial charge in [0.2, 0.25) is 0 Å². The fourth-order valence-corrected chi connectivity index (χ4v) is 3.32. The van der Waals surface area contributed by atoms with E-state index in [1.807, 2.05) is 0 Å². The first-order valence-electron chi connectivity index (χ1n) is 6.04. The highest BCUT2D eigenvalue weighted by Gasteiger charge is 2.49.